The molecule has 0 radical (unpaired) electrons. The van der Waals surface area contributed by atoms with Gasteiger partial charge in [-0.2, -0.15) is 0 Å². The Labute approximate surface area is 141 Å². The summed E-state index contributed by atoms with van der Waals surface area (Å²) < 4.78 is 4.00. The van der Waals surface area contributed by atoms with Gasteiger partial charge in [0.15, 0.2) is 17.1 Å². The van der Waals surface area contributed by atoms with Crippen molar-refractivity contribution in [2.24, 2.45) is 5.92 Å². The van der Waals surface area contributed by atoms with Crippen molar-refractivity contribution in [3.8, 4) is 5.69 Å². The maximum absolute atomic E-state index is 4.79. The lowest BCUT2D eigenvalue weighted by molar-refractivity contribution is 0.620. The number of nitrogens with zero attached hydrogens (tertiary/aromatic N) is 5. The van der Waals surface area contributed by atoms with Crippen LogP contribution in [0, 0.1) is 19.8 Å². The Morgan fingerprint density at radius 2 is 1.79 bits per heavy atom. The van der Waals surface area contributed by atoms with Crippen LogP contribution in [0.25, 0.3) is 22.4 Å². The van der Waals surface area contributed by atoms with Crippen molar-refractivity contribution in [2.45, 2.75) is 34.1 Å². The molecule has 4 aromatic rings. The van der Waals surface area contributed by atoms with Gasteiger partial charge in [-0.1, -0.05) is 32.0 Å². The molecule has 0 fully saturated rings. The molecule has 0 aliphatic carbocycles. The molecular weight excluding hydrogens is 298 g/mol. The van der Waals surface area contributed by atoms with Gasteiger partial charge in [0.25, 0.3) is 0 Å². The molecule has 1 aromatic carbocycles. The standard InChI is InChI=1S/C19H21N5/c1-12(2)10-16-21-19-17-13(3)14(4)24(15-8-6-5-7-9-15)18(17)20-11-23(19)22-16/h5-9,11-12H,10H2,1-4H3. The van der Waals surface area contributed by atoms with Crippen molar-refractivity contribution in [3.63, 3.8) is 0 Å². The highest BCUT2D eigenvalue weighted by molar-refractivity contribution is 5.94. The van der Waals surface area contributed by atoms with Crippen LogP contribution in [0.5, 0.6) is 0 Å². The van der Waals surface area contributed by atoms with E-state index in [1.54, 1.807) is 6.33 Å². The SMILES string of the molecule is Cc1c(C)n(-c2ccccc2)c2ncn3nc(CC(C)C)nc3c12. The molecule has 0 amide bonds. The molecule has 0 atom stereocenters. The summed E-state index contributed by atoms with van der Waals surface area (Å²) in [5.41, 5.74) is 5.34. The molecule has 4 rings (SSSR count). The molecule has 5 heteroatoms. The third-order valence-corrected chi connectivity index (χ3v) is 4.48. The van der Waals surface area contributed by atoms with Gasteiger partial charge in [0.05, 0.1) is 5.39 Å². The van der Waals surface area contributed by atoms with E-state index in [0.29, 0.717) is 5.92 Å². The lowest BCUT2D eigenvalue weighted by Gasteiger charge is -2.07. The highest BCUT2D eigenvalue weighted by Crippen LogP contribution is 2.29. The van der Waals surface area contributed by atoms with Crippen LogP contribution in [-0.4, -0.2) is 24.1 Å². The van der Waals surface area contributed by atoms with Crippen molar-refractivity contribution in [1.82, 2.24) is 24.1 Å². The molecule has 24 heavy (non-hydrogen) atoms. The van der Waals surface area contributed by atoms with E-state index in [1.165, 1.54) is 11.3 Å². The van der Waals surface area contributed by atoms with Gasteiger partial charge in [0.1, 0.15) is 6.33 Å². The first-order chi connectivity index (χ1) is 11.6. The predicted octanol–water partition coefficient (Wildman–Crippen LogP) is 3.88. The Kier molecular flexibility index (Phi) is 3.37. The van der Waals surface area contributed by atoms with Gasteiger partial charge in [0, 0.05) is 17.8 Å². The lowest BCUT2D eigenvalue weighted by Crippen LogP contribution is -1.99. The fourth-order valence-corrected chi connectivity index (χ4v) is 3.25. The van der Waals surface area contributed by atoms with E-state index in [2.05, 4.69) is 54.5 Å². The first-order valence-corrected chi connectivity index (χ1v) is 8.33. The van der Waals surface area contributed by atoms with E-state index < -0.39 is 0 Å². The number of aromatic nitrogens is 5. The Bertz CT molecular complexity index is 1020. The second kappa shape index (κ2) is 5.44. The number of rotatable bonds is 3. The Balaban J connectivity index is 2.02. The van der Waals surface area contributed by atoms with Crippen LogP contribution in [0.3, 0.4) is 0 Å². The molecule has 122 valence electrons. The van der Waals surface area contributed by atoms with E-state index in [1.807, 2.05) is 22.7 Å². The molecular formula is C19H21N5. The van der Waals surface area contributed by atoms with Crippen molar-refractivity contribution in [3.05, 3.63) is 53.7 Å². The number of benzene rings is 1. The molecule has 0 N–H and O–H groups in total. The largest absolute Gasteiger partial charge is 0.298 e. The second-order valence-corrected chi connectivity index (χ2v) is 6.72. The minimum Gasteiger partial charge on any atom is -0.298 e. The molecule has 5 nitrogen and oxygen atoms in total. The van der Waals surface area contributed by atoms with Gasteiger partial charge in [-0.25, -0.2) is 14.5 Å². The number of para-hydroxylation sites is 1. The average molecular weight is 319 g/mol. The van der Waals surface area contributed by atoms with Gasteiger partial charge < -0.3 is 0 Å². The first-order valence-electron chi connectivity index (χ1n) is 8.33. The number of fused-ring (bicyclic) bond motifs is 3. The van der Waals surface area contributed by atoms with Crippen LogP contribution < -0.4 is 0 Å². The molecule has 3 heterocycles. The van der Waals surface area contributed by atoms with Crippen molar-refractivity contribution in [2.75, 3.05) is 0 Å². The fraction of sp³-hybridized carbons (Fsp3) is 0.316. The topological polar surface area (TPSA) is 48.0 Å². The quantitative estimate of drug-likeness (QED) is 0.576. The predicted molar refractivity (Wildman–Crippen MR) is 95.6 cm³/mol. The molecule has 0 saturated carbocycles. The summed E-state index contributed by atoms with van der Waals surface area (Å²) in [6.45, 7) is 8.63. The maximum atomic E-state index is 4.79. The Hall–Kier alpha value is -2.69. The summed E-state index contributed by atoms with van der Waals surface area (Å²) in [7, 11) is 0. The normalized spacial score (nSPS) is 11.9. The van der Waals surface area contributed by atoms with E-state index in [9.17, 15) is 0 Å². The second-order valence-electron chi connectivity index (χ2n) is 6.72. The molecule has 0 saturated heterocycles. The average Bonchev–Trinajstić information content (AvgIpc) is 3.06. The summed E-state index contributed by atoms with van der Waals surface area (Å²) >= 11 is 0. The van der Waals surface area contributed by atoms with Gasteiger partial charge in [-0.15, -0.1) is 5.10 Å². The molecule has 0 aliphatic rings. The summed E-state index contributed by atoms with van der Waals surface area (Å²) in [6.07, 6.45) is 2.65. The molecule has 0 unspecified atom stereocenters. The van der Waals surface area contributed by atoms with E-state index in [4.69, 9.17) is 4.98 Å². The summed E-state index contributed by atoms with van der Waals surface area (Å²) in [6, 6.07) is 10.3. The maximum Gasteiger partial charge on any atom is 0.168 e. The van der Waals surface area contributed by atoms with Gasteiger partial charge >= 0.3 is 0 Å². The minimum absolute atomic E-state index is 0.530. The third-order valence-electron chi connectivity index (χ3n) is 4.48. The number of hydrogen-bond acceptors (Lipinski definition) is 3. The third kappa shape index (κ3) is 2.19. The lowest BCUT2D eigenvalue weighted by atomic mass is 10.1. The minimum atomic E-state index is 0.530. The number of hydrogen-bond donors (Lipinski definition) is 0. The van der Waals surface area contributed by atoms with Crippen molar-refractivity contribution >= 4 is 16.7 Å². The zero-order chi connectivity index (χ0) is 16.8. The molecule has 3 aromatic heterocycles. The van der Waals surface area contributed by atoms with E-state index >= 15 is 0 Å². The zero-order valence-electron chi connectivity index (χ0n) is 14.5. The highest BCUT2D eigenvalue weighted by Gasteiger charge is 2.18. The first kappa shape index (κ1) is 14.9. The smallest absolute Gasteiger partial charge is 0.168 e. The molecule has 0 bridgehead atoms. The van der Waals surface area contributed by atoms with E-state index in [-0.39, 0.29) is 0 Å². The fourth-order valence-electron chi connectivity index (χ4n) is 3.25. The van der Waals surface area contributed by atoms with Crippen LogP contribution in [-0.2, 0) is 6.42 Å². The van der Waals surface area contributed by atoms with Crippen molar-refractivity contribution < 1.29 is 0 Å². The van der Waals surface area contributed by atoms with Crippen LogP contribution in [0.2, 0.25) is 0 Å². The molecule has 0 aliphatic heterocycles. The van der Waals surface area contributed by atoms with E-state index in [0.717, 1.165) is 34.6 Å². The van der Waals surface area contributed by atoms with Crippen molar-refractivity contribution in [1.29, 1.82) is 0 Å². The summed E-state index contributed by atoms with van der Waals surface area (Å²) in [5, 5.41) is 5.67. The van der Waals surface area contributed by atoms with Crippen LogP contribution in [0.15, 0.2) is 36.7 Å². The Morgan fingerprint density at radius 3 is 2.50 bits per heavy atom. The van der Waals surface area contributed by atoms with Gasteiger partial charge in [-0.05, 0) is 37.5 Å². The zero-order valence-corrected chi connectivity index (χ0v) is 14.5. The van der Waals surface area contributed by atoms with Gasteiger partial charge in [-0.3, -0.25) is 4.57 Å². The monoisotopic (exact) mass is 319 g/mol. The number of aryl methyl sites for hydroxylation is 1. The van der Waals surface area contributed by atoms with Crippen LogP contribution in [0.4, 0.5) is 0 Å². The highest BCUT2D eigenvalue weighted by atomic mass is 15.3. The van der Waals surface area contributed by atoms with Gasteiger partial charge in [0.2, 0.25) is 0 Å². The van der Waals surface area contributed by atoms with Crippen LogP contribution in [0.1, 0.15) is 30.9 Å². The van der Waals surface area contributed by atoms with Crippen LogP contribution >= 0.6 is 0 Å². The summed E-state index contributed by atoms with van der Waals surface area (Å²) in [5.74, 6) is 1.41. The summed E-state index contributed by atoms with van der Waals surface area (Å²) in [4.78, 5) is 9.47. The Morgan fingerprint density at radius 1 is 1.04 bits per heavy atom. The molecule has 0 spiro atoms.